The van der Waals surface area contributed by atoms with Gasteiger partial charge in [-0.05, 0) is 0 Å². The molecule has 0 saturated carbocycles. The van der Waals surface area contributed by atoms with Crippen molar-refractivity contribution in [3.63, 3.8) is 0 Å². The number of aromatic nitrogens is 3. The number of anilines is 1. The van der Waals surface area contributed by atoms with Crippen LogP contribution in [-0.4, -0.2) is 27.4 Å². The average molecular weight is 154 g/mol. The van der Waals surface area contributed by atoms with E-state index in [-0.39, 0.29) is 17.6 Å². The van der Waals surface area contributed by atoms with Crippen molar-refractivity contribution in [2.75, 3.05) is 5.32 Å². The summed E-state index contributed by atoms with van der Waals surface area (Å²) in [5.41, 5.74) is 0. The second-order valence-corrected chi connectivity index (χ2v) is 1.83. The Morgan fingerprint density at radius 2 is 2.45 bits per heavy atom. The Kier molecular flexibility index (Phi) is 1.95. The van der Waals surface area contributed by atoms with Gasteiger partial charge in [0.1, 0.15) is 0 Å². The number of aromatic amines is 1. The molecule has 0 aliphatic heterocycles. The van der Waals surface area contributed by atoms with Crippen LogP contribution in [0.5, 0.6) is 0 Å². The van der Waals surface area contributed by atoms with Crippen LogP contribution in [0.15, 0.2) is 0 Å². The monoisotopic (exact) mass is 154 g/mol. The van der Waals surface area contributed by atoms with Crippen molar-refractivity contribution in [2.24, 2.45) is 0 Å². The SMILES string of the molecule is CC(=O)c1nc(NC=O)n[nH]1. The van der Waals surface area contributed by atoms with E-state index in [1.54, 1.807) is 0 Å². The summed E-state index contributed by atoms with van der Waals surface area (Å²) in [6.45, 7) is 1.35. The minimum absolute atomic E-state index is 0.102. The lowest BCUT2D eigenvalue weighted by Gasteiger charge is -1.83. The predicted molar refractivity (Wildman–Crippen MR) is 36.1 cm³/mol. The van der Waals surface area contributed by atoms with E-state index >= 15 is 0 Å². The standard InChI is InChI=1S/C5H6N4O2/c1-3(11)4-7-5(6-2-10)9-8-4/h2H,1H3,(H2,6,7,8,9,10). The molecule has 0 aliphatic rings. The van der Waals surface area contributed by atoms with Gasteiger partial charge in [0.15, 0.2) is 11.6 Å². The highest BCUT2D eigenvalue weighted by Gasteiger charge is 2.04. The lowest BCUT2D eigenvalue weighted by atomic mass is 10.4. The number of H-pyrrole nitrogens is 1. The first-order valence-corrected chi connectivity index (χ1v) is 2.87. The third-order valence-corrected chi connectivity index (χ3v) is 1.01. The van der Waals surface area contributed by atoms with Gasteiger partial charge in [0.2, 0.25) is 12.4 Å². The van der Waals surface area contributed by atoms with E-state index in [9.17, 15) is 9.59 Å². The molecule has 1 amide bonds. The molecule has 0 bridgehead atoms. The van der Waals surface area contributed by atoms with Crippen molar-refractivity contribution in [2.45, 2.75) is 6.92 Å². The van der Waals surface area contributed by atoms with Gasteiger partial charge in [-0.25, -0.2) is 0 Å². The molecule has 6 heteroatoms. The zero-order valence-electron chi connectivity index (χ0n) is 5.79. The van der Waals surface area contributed by atoms with Crippen molar-refractivity contribution in [3.8, 4) is 0 Å². The molecule has 1 rings (SSSR count). The summed E-state index contributed by atoms with van der Waals surface area (Å²) >= 11 is 0. The summed E-state index contributed by atoms with van der Waals surface area (Å²) in [4.78, 5) is 24.1. The van der Waals surface area contributed by atoms with E-state index in [0.717, 1.165) is 0 Å². The number of nitrogens with one attached hydrogen (secondary N) is 2. The Labute approximate surface area is 62.0 Å². The van der Waals surface area contributed by atoms with Gasteiger partial charge in [0.25, 0.3) is 0 Å². The Bertz CT molecular complexity index is 280. The zero-order chi connectivity index (χ0) is 8.27. The molecule has 0 spiro atoms. The van der Waals surface area contributed by atoms with Crippen molar-refractivity contribution < 1.29 is 9.59 Å². The number of carbonyl (C=O) groups excluding carboxylic acids is 2. The van der Waals surface area contributed by atoms with Gasteiger partial charge in [0.05, 0.1) is 0 Å². The van der Waals surface area contributed by atoms with Crippen molar-refractivity contribution in [1.29, 1.82) is 0 Å². The molecule has 1 aromatic heterocycles. The average Bonchev–Trinajstić information content (AvgIpc) is 2.37. The molecule has 0 fully saturated rings. The van der Waals surface area contributed by atoms with E-state index in [2.05, 4.69) is 20.5 Å². The van der Waals surface area contributed by atoms with Crippen LogP contribution in [0.2, 0.25) is 0 Å². The van der Waals surface area contributed by atoms with Gasteiger partial charge < -0.3 is 0 Å². The minimum atomic E-state index is -0.226. The largest absolute Gasteiger partial charge is 0.296 e. The van der Waals surface area contributed by atoms with Crippen LogP contribution in [0.1, 0.15) is 17.5 Å². The van der Waals surface area contributed by atoms with E-state index in [1.165, 1.54) is 6.92 Å². The van der Waals surface area contributed by atoms with Crippen LogP contribution < -0.4 is 5.32 Å². The Morgan fingerprint density at radius 3 is 2.91 bits per heavy atom. The van der Waals surface area contributed by atoms with Crippen LogP contribution in [0.25, 0.3) is 0 Å². The number of ketones is 1. The molecule has 0 aromatic carbocycles. The van der Waals surface area contributed by atoms with Crippen LogP contribution in [-0.2, 0) is 4.79 Å². The Hall–Kier alpha value is -1.72. The summed E-state index contributed by atoms with van der Waals surface area (Å²) in [5.74, 6) is 0.0102. The smallest absolute Gasteiger partial charge is 0.248 e. The fraction of sp³-hybridized carbons (Fsp3) is 0.200. The molecule has 11 heavy (non-hydrogen) atoms. The van der Waals surface area contributed by atoms with E-state index in [4.69, 9.17) is 0 Å². The summed E-state index contributed by atoms with van der Waals surface area (Å²) in [7, 11) is 0. The van der Waals surface area contributed by atoms with Crippen LogP contribution in [0, 0.1) is 0 Å². The lowest BCUT2D eigenvalue weighted by Crippen LogP contribution is -1.97. The molecule has 1 aromatic rings. The van der Waals surface area contributed by atoms with E-state index in [1.807, 2.05) is 0 Å². The summed E-state index contributed by atoms with van der Waals surface area (Å²) in [6, 6.07) is 0. The van der Waals surface area contributed by atoms with Gasteiger partial charge in [-0.1, -0.05) is 0 Å². The highest BCUT2D eigenvalue weighted by molar-refractivity contribution is 5.90. The van der Waals surface area contributed by atoms with Crippen molar-refractivity contribution in [3.05, 3.63) is 5.82 Å². The van der Waals surface area contributed by atoms with Crippen LogP contribution >= 0.6 is 0 Å². The topological polar surface area (TPSA) is 87.7 Å². The molecule has 6 nitrogen and oxygen atoms in total. The van der Waals surface area contributed by atoms with Crippen molar-refractivity contribution >= 4 is 18.1 Å². The van der Waals surface area contributed by atoms with Crippen LogP contribution in [0.4, 0.5) is 5.95 Å². The molecule has 2 N–H and O–H groups in total. The number of carbonyl (C=O) groups is 2. The summed E-state index contributed by atoms with van der Waals surface area (Å²) < 4.78 is 0. The molecule has 0 saturated heterocycles. The molecule has 1 heterocycles. The molecule has 0 unspecified atom stereocenters. The lowest BCUT2D eigenvalue weighted by molar-refractivity contribution is -0.105. The third-order valence-electron chi connectivity index (χ3n) is 1.01. The molecule has 0 atom stereocenters. The number of hydrogen-bond acceptors (Lipinski definition) is 4. The molecular formula is C5H6N4O2. The Morgan fingerprint density at radius 1 is 1.73 bits per heavy atom. The maximum atomic E-state index is 10.6. The molecule has 58 valence electrons. The number of Topliss-reactive ketones (excluding diaryl/α,β-unsaturated/α-hetero) is 1. The van der Waals surface area contributed by atoms with Crippen LogP contribution in [0.3, 0.4) is 0 Å². The van der Waals surface area contributed by atoms with Gasteiger partial charge in [-0.3, -0.25) is 20.0 Å². The second kappa shape index (κ2) is 2.91. The molecular weight excluding hydrogens is 148 g/mol. The van der Waals surface area contributed by atoms with Gasteiger partial charge in [-0.15, -0.1) is 5.10 Å². The minimum Gasteiger partial charge on any atom is -0.296 e. The summed E-state index contributed by atoms with van der Waals surface area (Å²) in [5, 5.41) is 8.08. The first kappa shape index (κ1) is 7.39. The molecule has 0 aliphatic carbocycles. The second-order valence-electron chi connectivity index (χ2n) is 1.83. The fourth-order valence-electron chi connectivity index (χ4n) is 0.537. The first-order valence-electron chi connectivity index (χ1n) is 2.87. The maximum absolute atomic E-state index is 10.6. The maximum Gasteiger partial charge on any atom is 0.248 e. The third kappa shape index (κ3) is 1.60. The highest BCUT2D eigenvalue weighted by atomic mass is 16.1. The number of nitrogens with zero attached hydrogens (tertiary/aromatic N) is 2. The number of hydrogen-bond donors (Lipinski definition) is 2. The number of rotatable bonds is 3. The van der Waals surface area contributed by atoms with E-state index < -0.39 is 0 Å². The summed E-state index contributed by atoms with van der Waals surface area (Å²) in [6.07, 6.45) is 0.438. The first-order chi connectivity index (χ1) is 5.24. The highest BCUT2D eigenvalue weighted by Crippen LogP contribution is 1.96. The van der Waals surface area contributed by atoms with Gasteiger partial charge >= 0.3 is 0 Å². The quantitative estimate of drug-likeness (QED) is 0.457. The van der Waals surface area contributed by atoms with Crippen molar-refractivity contribution in [1.82, 2.24) is 15.2 Å². The van der Waals surface area contributed by atoms with E-state index in [0.29, 0.717) is 6.41 Å². The normalized spacial score (nSPS) is 9.18. The Balaban J connectivity index is 2.81. The predicted octanol–water partition coefficient (Wildman–Crippen LogP) is -0.424. The zero-order valence-corrected chi connectivity index (χ0v) is 5.79. The fourth-order valence-corrected chi connectivity index (χ4v) is 0.537. The van der Waals surface area contributed by atoms with Gasteiger partial charge in [-0.2, -0.15) is 4.98 Å². The van der Waals surface area contributed by atoms with Gasteiger partial charge in [0, 0.05) is 6.92 Å². The molecule has 0 radical (unpaired) electrons. The number of amides is 1.